The second-order valence-electron chi connectivity index (χ2n) is 4.12. The van der Waals surface area contributed by atoms with E-state index in [1.54, 1.807) is 0 Å². The van der Waals surface area contributed by atoms with E-state index >= 15 is 0 Å². The number of rotatable bonds is 2. The molecule has 1 aliphatic heterocycles. The van der Waals surface area contributed by atoms with Gasteiger partial charge in [0.05, 0.1) is 12.7 Å². The summed E-state index contributed by atoms with van der Waals surface area (Å²) in [6.07, 6.45) is 0.552. The molecule has 0 saturated carbocycles. The number of hydrogen-bond acceptors (Lipinski definition) is 2. The summed E-state index contributed by atoms with van der Waals surface area (Å²) in [7, 11) is 0. The molecule has 1 aliphatic rings. The third-order valence-electron chi connectivity index (χ3n) is 2.69. The quantitative estimate of drug-likeness (QED) is 0.779. The molecule has 0 spiro atoms. The predicted molar refractivity (Wildman–Crippen MR) is 55.4 cm³/mol. The molecule has 1 N–H and O–H groups in total. The van der Waals surface area contributed by atoms with Crippen molar-refractivity contribution in [1.29, 1.82) is 0 Å². The lowest BCUT2D eigenvalue weighted by atomic mass is 9.96. The zero-order valence-corrected chi connectivity index (χ0v) is 8.66. The van der Waals surface area contributed by atoms with Crippen molar-refractivity contribution >= 4 is 0 Å². The molecule has 0 amide bonds. The van der Waals surface area contributed by atoms with Crippen molar-refractivity contribution in [2.75, 3.05) is 6.61 Å². The van der Waals surface area contributed by atoms with Crippen LogP contribution in [-0.4, -0.2) is 11.7 Å². The van der Waals surface area contributed by atoms with E-state index in [2.05, 4.69) is 6.07 Å². The number of hydrogen-bond donors (Lipinski definition) is 1. The molecule has 0 saturated heterocycles. The van der Waals surface area contributed by atoms with Crippen LogP contribution in [0.1, 0.15) is 31.1 Å². The molecule has 0 aromatic heterocycles. The number of ether oxygens (including phenoxy) is 1. The highest BCUT2D eigenvalue weighted by Gasteiger charge is 2.22. The van der Waals surface area contributed by atoms with Crippen molar-refractivity contribution in [2.24, 2.45) is 5.92 Å². The van der Waals surface area contributed by atoms with E-state index in [9.17, 15) is 5.11 Å². The van der Waals surface area contributed by atoms with Crippen molar-refractivity contribution < 1.29 is 9.84 Å². The van der Waals surface area contributed by atoms with E-state index in [4.69, 9.17) is 4.74 Å². The van der Waals surface area contributed by atoms with Crippen molar-refractivity contribution in [3.05, 3.63) is 29.3 Å². The molecule has 1 atom stereocenters. The first-order valence-electron chi connectivity index (χ1n) is 5.13. The minimum atomic E-state index is -0.414. The molecule has 0 aliphatic carbocycles. The summed E-state index contributed by atoms with van der Waals surface area (Å²) >= 11 is 0. The zero-order chi connectivity index (χ0) is 10.1. The molecule has 0 radical (unpaired) electrons. The second-order valence-corrected chi connectivity index (χ2v) is 4.12. The Kier molecular flexibility index (Phi) is 2.46. The van der Waals surface area contributed by atoms with Crippen LogP contribution in [0.15, 0.2) is 18.2 Å². The fraction of sp³-hybridized carbons (Fsp3) is 0.500. The largest absolute Gasteiger partial charge is 0.493 e. The van der Waals surface area contributed by atoms with E-state index in [-0.39, 0.29) is 5.92 Å². The molecule has 1 unspecified atom stereocenters. The standard InChI is InChI=1S/C12H16O2/c1-8(2)11(13)10-5-3-4-9-6-7-14-12(9)10/h3-5,8,11,13H,6-7H2,1-2H3. The Labute approximate surface area is 84.5 Å². The summed E-state index contributed by atoms with van der Waals surface area (Å²) in [5.41, 5.74) is 2.16. The number of aliphatic hydroxyl groups is 1. The molecular weight excluding hydrogens is 176 g/mol. The van der Waals surface area contributed by atoms with Gasteiger partial charge in [0.2, 0.25) is 0 Å². The van der Waals surface area contributed by atoms with E-state index < -0.39 is 6.10 Å². The summed E-state index contributed by atoms with van der Waals surface area (Å²) in [5, 5.41) is 9.98. The van der Waals surface area contributed by atoms with Crippen LogP contribution in [0.2, 0.25) is 0 Å². The van der Waals surface area contributed by atoms with Gasteiger partial charge in [-0.2, -0.15) is 0 Å². The zero-order valence-electron chi connectivity index (χ0n) is 8.66. The highest BCUT2D eigenvalue weighted by atomic mass is 16.5. The van der Waals surface area contributed by atoms with Crippen molar-refractivity contribution in [3.63, 3.8) is 0 Å². The molecule has 0 fully saturated rings. The first-order chi connectivity index (χ1) is 6.70. The highest BCUT2D eigenvalue weighted by Crippen LogP contribution is 2.35. The van der Waals surface area contributed by atoms with Gasteiger partial charge in [-0.15, -0.1) is 0 Å². The van der Waals surface area contributed by atoms with Gasteiger partial charge < -0.3 is 9.84 Å². The van der Waals surface area contributed by atoms with Gasteiger partial charge in [0.15, 0.2) is 0 Å². The van der Waals surface area contributed by atoms with E-state index in [0.29, 0.717) is 0 Å². The van der Waals surface area contributed by atoms with Crippen LogP contribution in [0.3, 0.4) is 0 Å². The van der Waals surface area contributed by atoms with Crippen LogP contribution in [-0.2, 0) is 6.42 Å². The number of aliphatic hydroxyl groups excluding tert-OH is 1. The monoisotopic (exact) mass is 192 g/mol. The predicted octanol–water partition coefficient (Wildman–Crippen LogP) is 2.31. The Bertz CT molecular complexity index is 331. The Morgan fingerprint density at radius 2 is 2.14 bits per heavy atom. The van der Waals surface area contributed by atoms with Crippen LogP contribution < -0.4 is 4.74 Å². The summed E-state index contributed by atoms with van der Waals surface area (Å²) in [5.74, 6) is 1.14. The highest BCUT2D eigenvalue weighted by molar-refractivity contribution is 5.45. The van der Waals surface area contributed by atoms with Crippen molar-refractivity contribution in [2.45, 2.75) is 26.4 Å². The minimum Gasteiger partial charge on any atom is -0.493 e. The molecule has 2 nitrogen and oxygen atoms in total. The van der Waals surface area contributed by atoms with Gasteiger partial charge in [-0.3, -0.25) is 0 Å². The average Bonchev–Trinajstić information content (AvgIpc) is 2.63. The Balaban J connectivity index is 2.39. The van der Waals surface area contributed by atoms with Crippen molar-refractivity contribution in [3.8, 4) is 5.75 Å². The lowest BCUT2D eigenvalue weighted by Gasteiger charge is -2.17. The fourth-order valence-electron chi connectivity index (χ4n) is 1.83. The minimum absolute atomic E-state index is 0.228. The van der Waals surface area contributed by atoms with Crippen LogP contribution in [0.25, 0.3) is 0 Å². The first kappa shape index (κ1) is 9.53. The number of fused-ring (bicyclic) bond motifs is 1. The SMILES string of the molecule is CC(C)C(O)c1cccc2c1OCC2. The molecule has 14 heavy (non-hydrogen) atoms. The second kappa shape index (κ2) is 3.62. The van der Waals surface area contributed by atoms with Crippen LogP contribution in [0, 0.1) is 5.92 Å². The Morgan fingerprint density at radius 3 is 2.86 bits per heavy atom. The molecule has 76 valence electrons. The van der Waals surface area contributed by atoms with Crippen LogP contribution >= 0.6 is 0 Å². The van der Waals surface area contributed by atoms with Gasteiger partial charge in [0.1, 0.15) is 5.75 Å². The maximum Gasteiger partial charge on any atom is 0.128 e. The summed E-state index contributed by atoms with van der Waals surface area (Å²) in [6.45, 7) is 4.77. The van der Waals surface area contributed by atoms with Gasteiger partial charge in [-0.1, -0.05) is 32.0 Å². The van der Waals surface area contributed by atoms with Crippen LogP contribution in [0.4, 0.5) is 0 Å². The van der Waals surface area contributed by atoms with E-state index in [1.807, 2.05) is 26.0 Å². The number of para-hydroxylation sites is 1. The van der Waals surface area contributed by atoms with Gasteiger partial charge in [-0.25, -0.2) is 0 Å². The summed E-state index contributed by atoms with van der Waals surface area (Å²) < 4.78 is 5.54. The topological polar surface area (TPSA) is 29.5 Å². The lowest BCUT2D eigenvalue weighted by Crippen LogP contribution is -2.06. The summed E-state index contributed by atoms with van der Waals surface area (Å²) in [6, 6.07) is 6.02. The molecule has 2 heteroatoms. The molecule has 0 bridgehead atoms. The first-order valence-corrected chi connectivity index (χ1v) is 5.13. The fourth-order valence-corrected chi connectivity index (χ4v) is 1.83. The molecular formula is C12H16O2. The van der Waals surface area contributed by atoms with Gasteiger partial charge in [-0.05, 0) is 11.5 Å². The maximum atomic E-state index is 9.98. The van der Waals surface area contributed by atoms with Crippen molar-refractivity contribution in [1.82, 2.24) is 0 Å². The lowest BCUT2D eigenvalue weighted by molar-refractivity contribution is 0.123. The number of benzene rings is 1. The van der Waals surface area contributed by atoms with E-state index in [0.717, 1.165) is 24.3 Å². The Hall–Kier alpha value is -1.02. The average molecular weight is 192 g/mol. The van der Waals surface area contributed by atoms with E-state index in [1.165, 1.54) is 5.56 Å². The normalized spacial score (nSPS) is 16.6. The molecule has 1 aromatic rings. The third kappa shape index (κ3) is 1.50. The molecule has 1 heterocycles. The molecule has 1 aromatic carbocycles. The smallest absolute Gasteiger partial charge is 0.128 e. The summed E-state index contributed by atoms with van der Waals surface area (Å²) in [4.78, 5) is 0. The van der Waals surface area contributed by atoms with Gasteiger partial charge in [0.25, 0.3) is 0 Å². The molecule has 2 rings (SSSR count). The van der Waals surface area contributed by atoms with Gasteiger partial charge in [0, 0.05) is 12.0 Å². The maximum absolute atomic E-state index is 9.98. The Morgan fingerprint density at radius 1 is 1.36 bits per heavy atom. The third-order valence-corrected chi connectivity index (χ3v) is 2.69. The van der Waals surface area contributed by atoms with Crippen LogP contribution in [0.5, 0.6) is 5.75 Å². The van der Waals surface area contributed by atoms with Gasteiger partial charge >= 0.3 is 0 Å².